The van der Waals surface area contributed by atoms with Crippen LogP contribution in [0.5, 0.6) is 0 Å². The van der Waals surface area contributed by atoms with Crippen molar-refractivity contribution in [3.8, 4) is 22.3 Å². The second kappa shape index (κ2) is 11.9. The van der Waals surface area contributed by atoms with Crippen LogP contribution >= 0.6 is 11.3 Å². The van der Waals surface area contributed by atoms with E-state index < -0.39 is 0 Å². The van der Waals surface area contributed by atoms with Gasteiger partial charge >= 0.3 is 0 Å². The lowest BCUT2D eigenvalue weighted by Crippen LogP contribution is -2.10. The molecule has 3 heteroatoms. The molecule has 0 bridgehead atoms. The van der Waals surface area contributed by atoms with Crippen LogP contribution in [-0.4, -0.2) is 0 Å². The number of thiophene rings is 1. The molecular weight excluding hydrogens is 663 g/mol. The number of para-hydroxylation sites is 2. The van der Waals surface area contributed by atoms with E-state index in [9.17, 15) is 0 Å². The van der Waals surface area contributed by atoms with E-state index in [4.69, 9.17) is 4.42 Å². The van der Waals surface area contributed by atoms with E-state index in [1.54, 1.807) is 0 Å². The average molecular weight is 694 g/mol. The molecule has 0 fully saturated rings. The van der Waals surface area contributed by atoms with Gasteiger partial charge in [0.15, 0.2) is 5.58 Å². The molecule has 11 aromatic rings. The van der Waals surface area contributed by atoms with E-state index in [0.717, 1.165) is 39.0 Å². The molecule has 0 amide bonds. The van der Waals surface area contributed by atoms with Crippen LogP contribution in [-0.2, 0) is 0 Å². The van der Waals surface area contributed by atoms with Crippen LogP contribution in [0.1, 0.15) is 0 Å². The van der Waals surface area contributed by atoms with E-state index in [1.165, 1.54) is 64.0 Å². The Hall–Kier alpha value is -6.68. The second-order valence-corrected chi connectivity index (χ2v) is 14.7. The van der Waals surface area contributed by atoms with Crippen LogP contribution in [0.3, 0.4) is 0 Å². The van der Waals surface area contributed by atoms with Gasteiger partial charge in [-0.15, -0.1) is 11.3 Å². The average Bonchev–Trinajstić information content (AvgIpc) is 3.80. The summed E-state index contributed by atoms with van der Waals surface area (Å²) in [5, 5.41) is 9.96. The van der Waals surface area contributed by atoms with Crippen LogP contribution < -0.4 is 4.90 Å². The molecule has 0 atom stereocenters. The van der Waals surface area contributed by atoms with Crippen LogP contribution in [0.25, 0.3) is 85.9 Å². The summed E-state index contributed by atoms with van der Waals surface area (Å²) < 4.78 is 9.26. The molecule has 0 aliphatic heterocycles. The molecule has 2 nitrogen and oxygen atoms in total. The number of anilines is 3. The summed E-state index contributed by atoms with van der Waals surface area (Å²) in [6.45, 7) is 0. The van der Waals surface area contributed by atoms with Gasteiger partial charge in [-0.05, 0) is 92.3 Å². The Balaban J connectivity index is 1.03. The highest BCUT2D eigenvalue weighted by Crippen LogP contribution is 2.44. The molecule has 0 N–H and O–H groups in total. The Labute approximate surface area is 310 Å². The molecular formula is C50H31NOS. The first kappa shape index (κ1) is 30.0. The molecule has 53 heavy (non-hydrogen) atoms. The SMILES string of the molecule is c1ccc2c(-c3ccc(N(c4ccc(-c5ccc6sc7c8ccccc8ccc7c6c5)cc4)c4cccc5c4oc4ccccc45)cc3)cccc2c1. The summed E-state index contributed by atoms with van der Waals surface area (Å²) in [7, 11) is 0. The second-order valence-electron chi connectivity index (χ2n) is 13.7. The Morgan fingerprint density at radius 2 is 1.02 bits per heavy atom. The van der Waals surface area contributed by atoms with Gasteiger partial charge in [-0.25, -0.2) is 0 Å². The fourth-order valence-corrected chi connectivity index (χ4v) is 9.31. The van der Waals surface area contributed by atoms with E-state index in [-0.39, 0.29) is 0 Å². The molecule has 0 spiro atoms. The number of hydrogen-bond donors (Lipinski definition) is 0. The van der Waals surface area contributed by atoms with Crippen molar-refractivity contribution in [1.82, 2.24) is 0 Å². The smallest absolute Gasteiger partial charge is 0.159 e. The fourth-order valence-electron chi connectivity index (χ4n) is 8.09. The normalized spacial score (nSPS) is 11.8. The van der Waals surface area contributed by atoms with Gasteiger partial charge < -0.3 is 9.32 Å². The maximum Gasteiger partial charge on any atom is 0.159 e. The van der Waals surface area contributed by atoms with Crippen molar-refractivity contribution in [2.45, 2.75) is 0 Å². The standard InChI is InChI=1S/C50H31NOS/c1-3-12-39-33(9-1)11-7-15-40(39)35-21-27-38(28-22-35)51(46-17-8-16-43-42-14-5-6-18-47(42)52-49(43)46)37-25-19-32(20-26-37)36-24-30-48-45(31-36)44-29-23-34-10-2-4-13-41(34)50(44)53-48/h1-31H. The van der Waals surface area contributed by atoms with Gasteiger partial charge in [0.1, 0.15) is 5.58 Å². The van der Waals surface area contributed by atoms with Gasteiger partial charge in [0.05, 0.1) is 5.69 Å². The zero-order valence-corrected chi connectivity index (χ0v) is 29.5. The molecule has 0 aliphatic carbocycles. The first-order chi connectivity index (χ1) is 26.3. The number of fused-ring (bicyclic) bond motifs is 9. The first-order valence-corrected chi connectivity index (χ1v) is 18.8. The lowest BCUT2D eigenvalue weighted by molar-refractivity contribution is 0.669. The molecule has 0 radical (unpaired) electrons. The van der Waals surface area contributed by atoms with Crippen LogP contribution in [0.2, 0.25) is 0 Å². The minimum atomic E-state index is 0.873. The summed E-state index contributed by atoms with van der Waals surface area (Å²) in [4.78, 5) is 2.32. The van der Waals surface area contributed by atoms with Crippen molar-refractivity contribution in [3.05, 3.63) is 188 Å². The minimum absolute atomic E-state index is 0.873. The number of benzene rings is 9. The molecule has 0 saturated carbocycles. The zero-order valence-electron chi connectivity index (χ0n) is 28.7. The predicted octanol–water partition coefficient (Wildman–Crippen LogP) is 15.1. The van der Waals surface area contributed by atoms with Gasteiger partial charge in [-0.2, -0.15) is 0 Å². The maximum absolute atomic E-state index is 6.60. The Bertz CT molecular complexity index is 3160. The van der Waals surface area contributed by atoms with Crippen molar-refractivity contribution < 1.29 is 4.42 Å². The number of furan rings is 1. The van der Waals surface area contributed by atoms with Crippen molar-refractivity contribution in [2.75, 3.05) is 4.90 Å². The molecule has 0 aliphatic rings. The summed E-state index contributed by atoms with van der Waals surface area (Å²) in [6, 6.07) is 67.9. The van der Waals surface area contributed by atoms with Crippen LogP contribution in [0.15, 0.2) is 192 Å². The summed E-state index contributed by atoms with van der Waals surface area (Å²) >= 11 is 1.88. The van der Waals surface area contributed by atoms with Crippen LogP contribution in [0.4, 0.5) is 17.1 Å². The van der Waals surface area contributed by atoms with Gasteiger partial charge in [-0.3, -0.25) is 0 Å². The highest BCUT2D eigenvalue weighted by atomic mass is 32.1. The quantitative estimate of drug-likeness (QED) is 0.178. The molecule has 2 heterocycles. The maximum atomic E-state index is 6.60. The lowest BCUT2D eigenvalue weighted by atomic mass is 9.98. The van der Waals surface area contributed by atoms with Gasteiger partial charge in [0.2, 0.25) is 0 Å². The number of rotatable bonds is 5. The topological polar surface area (TPSA) is 16.4 Å². The summed E-state index contributed by atoms with van der Waals surface area (Å²) in [5.74, 6) is 0. The van der Waals surface area contributed by atoms with E-state index in [2.05, 4.69) is 181 Å². The molecule has 0 unspecified atom stereocenters. The molecule has 9 aromatic carbocycles. The van der Waals surface area contributed by atoms with Crippen molar-refractivity contribution in [2.24, 2.45) is 0 Å². The van der Waals surface area contributed by atoms with E-state index in [1.807, 2.05) is 23.5 Å². The summed E-state index contributed by atoms with van der Waals surface area (Å²) in [5.41, 5.74) is 9.70. The van der Waals surface area contributed by atoms with Crippen molar-refractivity contribution in [3.63, 3.8) is 0 Å². The zero-order chi connectivity index (χ0) is 34.9. The molecule has 2 aromatic heterocycles. The lowest BCUT2D eigenvalue weighted by Gasteiger charge is -2.26. The predicted molar refractivity (Wildman–Crippen MR) is 227 cm³/mol. The van der Waals surface area contributed by atoms with Gasteiger partial charge in [0, 0.05) is 42.3 Å². The molecule has 248 valence electrons. The van der Waals surface area contributed by atoms with E-state index >= 15 is 0 Å². The number of nitrogens with zero attached hydrogens (tertiary/aromatic N) is 1. The largest absolute Gasteiger partial charge is 0.454 e. The molecule has 11 rings (SSSR count). The monoisotopic (exact) mass is 693 g/mol. The molecule has 0 saturated heterocycles. The Morgan fingerprint density at radius 3 is 1.83 bits per heavy atom. The Kier molecular flexibility index (Phi) is 6.76. The summed E-state index contributed by atoms with van der Waals surface area (Å²) in [6.07, 6.45) is 0. The highest BCUT2D eigenvalue weighted by Gasteiger charge is 2.20. The van der Waals surface area contributed by atoms with Crippen molar-refractivity contribution >= 4 is 92.1 Å². The van der Waals surface area contributed by atoms with Gasteiger partial charge in [0.25, 0.3) is 0 Å². The third-order valence-corrected chi connectivity index (χ3v) is 11.9. The fraction of sp³-hybridized carbons (Fsp3) is 0. The first-order valence-electron chi connectivity index (χ1n) is 18.0. The Morgan fingerprint density at radius 1 is 0.396 bits per heavy atom. The minimum Gasteiger partial charge on any atom is -0.454 e. The third kappa shape index (κ3) is 4.86. The van der Waals surface area contributed by atoms with Gasteiger partial charge in [-0.1, -0.05) is 140 Å². The highest BCUT2D eigenvalue weighted by molar-refractivity contribution is 7.26. The van der Waals surface area contributed by atoms with E-state index in [0.29, 0.717) is 0 Å². The van der Waals surface area contributed by atoms with Crippen molar-refractivity contribution in [1.29, 1.82) is 0 Å². The van der Waals surface area contributed by atoms with Crippen LogP contribution in [0, 0.1) is 0 Å². The number of hydrogen-bond acceptors (Lipinski definition) is 3. The third-order valence-electron chi connectivity index (χ3n) is 10.7.